The molecule has 11 heteroatoms. The van der Waals surface area contributed by atoms with Crippen LogP contribution in [0.15, 0.2) is 82.6 Å². The first kappa shape index (κ1) is 24.9. The van der Waals surface area contributed by atoms with Crippen molar-refractivity contribution in [2.24, 2.45) is 0 Å². The van der Waals surface area contributed by atoms with Gasteiger partial charge in [0, 0.05) is 22.1 Å². The van der Waals surface area contributed by atoms with Crippen molar-refractivity contribution in [3.63, 3.8) is 0 Å². The molecule has 4 aromatic rings. The van der Waals surface area contributed by atoms with Gasteiger partial charge in [0.15, 0.2) is 0 Å². The molecule has 0 radical (unpaired) electrons. The summed E-state index contributed by atoms with van der Waals surface area (Å²) in [5, 5.41) is 2.77. The van der Waals surface area contributed by atoms with Gasteiger partial charge in [0.1, 0.15) is 20.2 Å². The van der Waals surface area contributed by atoms with Gasteiger partial charge in [-0.25, -0.2) is 16.8 Å². The van der Waals surface area contributed by atoms with Gasteiger partial charge in [-0.2, -0.15) is 0 Å². The molecule has 4 rings (SSSR count). The van der Waals surface area contributed by atoms with E-state index in [1.165, 1.54) is 24.3 Å². The van der Waals surface area contributed by atoms with Gasteiger partial charge in [0.25, 0.3) is 0 Å². The maximum Gasteiger partial charge on any atom is 2.00 e. The molecule has 156 valence electrons. The second-order valence-corrected chi connectivity index (χ2v) is 9.13. The van der Waals surface area contributed by atoms with Crippen LogP contribution in [0.2, 0.25) is 0 Å². The third-order valence-electron chi connectivity index (χ3n) is 4.35. The van der Waals surface area contributed by atoms with Crippen molar-refractivity contribution in [3.8, 4) is 0 Å². The molecule has 0 spiro atoms. The zero-order valence-electron chi connectivity index (χ0n) is 16.1. The second-order valence-electron chi connectivity index (χ2n) is 6.37. The molecule has 0 atom stereocenters. The van der Waals surface area contributed by atoms with Gasteiger partial charge in [0.05, 0.1) is 9.79 Å². The Bertz CT molecular complexity index is 1360. The first-order valence-corrected chi connectivity index (χ1v) is 11.3. The molecule has 0 saturated heterocycles. The molecule has 0 heterocycles. The number of benzene rings is 4. The quantitative estimate of drug-likeness (QED) is 0.256. The Kier molecular flexibility index (Phi) is 7.52. The van der Waals surface area contributed by atoms with E-state index in [0.29, 0.717) is 22.1 Å². The van der Waals surface area contributed by atoms with Crippen molar-refractivity contribution in [1.82, 2.24) is 0 Å². The summed E-state index contributed by atoms with van der Waals surface area (Å²) in [6, 6.07) is 18.7. The summed E-state index contributed by atoms with van der Waals surface area (Å²) in [4.78, 5) is -0.513. The van der Waals surface area contributed by atoms with Crippen molar-refractivity contribution in [2.75, 3.05) is 11.5 Å². The average Bonchev–Trinajstić information content (AvgIpc) is 2.67. The van der Waals surface area contributed by atoms with Crippen LogP contribution >= 0.6 is 0 Å². The fourth-order valence-electron chi connectivity index (χ4n) is 2.86. The number of nitrogens with two attached hydrogens (primary N) is 2. The topological polar surface area (TPSA) is 166 Å². The van der Waals surface area contributed by atoms with Gasteiger partial charge < -0.3 is 20.6 Å². The van der Waals surface area contributed by atoms with Gasteiger partial charge in [0.2, 0.25) is 0 Å². The fourth-order valence-corrected chi connectivity index (χ4v) is 3.86. The molecule has 0 aliphatic rings. The summed E-state index contributed by atoms with van der Waals surface area (Å²) in [7, 11) is -8.83. The number of hydrogen-bond acceptors (Lipinski definition) is 8. The van der Waals surface area contributed by atoms with E-state index in [1.807, 2.05) is 0 Å². The van der Waals surface area contributed by atoms with Crippen molar-refractivity contribution < 1.29 is 25.9 Å². The number of fused-ring (bicyclic) bond motifs is 2. The predicted molar refractivity (Wildman–Crippen MR) is 118 cm³/mol. The van der Waals surface area contributed by atoms with Crippen LogP contribution in [0.1, 0.15) is 0 Å². The van der Waals surface area contributed by atoms with Crippen LogP contribution < -0.4 is 11.5 Å². The van der Waals surface area contributed by atoms with Crippen molar-refractivity contribution in [2.45, 2.75) is 9.79 Å². The maximum atomic E-state index is 10.8. The number of anilines is 2. The van der Waals surface area contributed by atoms with Crippen LogP contribution in [-0.4, -0.2) is 49.0 Å². The van der Waals surface area contributed by atoms with E-state index in [9.17, 15) is 25.9 Å². The molecule has 0 bridgehead atoms. The molecule has 4 aromatic carbocycles. The fraction of sp³-hybridized carbons (Fsp3) is 0. The smallest absolute Gasteiger partial charge is 0.744 e. The first-order valence-electron chi connectivity index (χ1n) is 8.45. The molecule has 0 aliphatic carbocycles. The number of nitrogen functional groups attached to an aromatic ring is 2. The summed E-state index contributed by atoms with van der Waals surface area (Å²) < 4.78 is 64.7. The van der Waals surface area contributed by atoms with Gasteiger partial charge in [-0.05, 0) is 47.2 Å². The van der Waals surface area contributed by atoms with Crippen molar-refractivity contribution >= 4 is 76.2 Å². The summed E-state index contributed by atoms with van der Waals surface area (Å²) in [5.74, 6) is 0. The summed E-state index contributed by atoms with van der Waals surface area (Å²) in [6.45, 7) is 0. The standard InChI is InChI=1S/2C10H9NO3S.Mg/c2*11-10-3-1-2-7-4-5-8(6-9(7)10)15(12,13)14;/h2*1-6H,11H2,(H,12,13,14);/q;;+2/p-2. The van der Waals surface area contributed by atoms with Crippen LogP contribution in [0, 0.1) is 0 Å². The maximum absolute atomic E-state index is 10.8. The zero-order chi connectivity index (χ0) is 22.1. The van der Waals surface area contributed by atoms with Crippen LogP contribution in [0.4, 0.5) is 11.4 Å². The minimum absolute atomic E-state index is 0. The Morgan fingerprint density at radius 3 is 1.26 bits per heavy atom. The van der Waals surface area contributed by atoms with E-state index in [1.54, 1.807) is 48.5 Å². The zero-order valence-corrected chi connectivity index (χ0v) is 19.1. The molecular weight excluding hydrogens is 453 g/mol. The SMILES string of the molecule is Nc1cccc2ccc(S(=O)(=O)[O-])cc12.Nc1cccc2ccc(S(=O)(=O)[O-])cc12.[Mg+2]. The average molecular weight is 469 g/mol. The van der Waals surface area contributed by atoms with Crippen molar-refractivity contribution in [3.05, 3.63) is 72.8 Å². The molecule has 0 unspecified atom stereocenters. The number of hydrogen-bond donors (Lipinski definition) is 2. The molecular formula is C20H16MgN2O6S2. The van der Waals surface area contributed by atoms with E-state index in [-0.39, 0.29) is 32.8 Å². The normalized spacial score (nSPS) is 11.4. The van der Waals surface area contributed by atoms with E-state index >= 15 is 0 Å². The van der Waals surface area contributed by atoms with E-state index in [2.05, 4.69) is 0 Å². The van der Waals surface area contributed by atoms with Gasteiger partial charge >= 0.3 is 23.1 Å². The number of rotatable bonds is 2. The minimum atomic E-state index is -4.42. The molecule has 0 fully saturated rings. The van der Waals surface area contributed by atoms with Crippen LogP contribution in [0.3, 0.4) is 0 Å². The van der Waals surface area contributed by atoms with Crippen LogP contribution in [0.25, 0.3) is 21.5 Å². The third kappa shape index (κ3) is 5.84. The molecule has 31 heavy (non-hydrogen) atoms. The summed E-state index contributed by atoms with van der Waals surface area (Å²) in [6.07, 6.45) is 0. The largest absolute Gasteiger partial charge is 2.00 e. The minimum Gasteiger partial charge on any atom is -0.744 e. The Morgan fingerprint density at radius 1 is 0.581 bits per heavy atom. The van der Waals surface area contributed by atoms with Gasteiger partial charge in [-0.15, -0.1) is 0 Å². The van der Waals surface area contributed by atoms with Crippen molar-refractivity contribution in [1.29, 1.82) is 0 Å². The second kappa shape index (κ2) is 9.38. The molecule has 0 amide bonds. The summed E-state index contributed by atoms with van der Waals surface area (Å²) >= 11 is 0. The Labute approximate surface area is 195 Å². The Balaban J connectivity index is 0.000000213. The van der Waals surface area contributed by atoms with Gasteiger partial charge in [-0.3, -0.25) is 0 Å². The van der Waals surface area contributed by atoms with Crippen LogP contribution in [-0.2, 0) is 20.2 Å². The predicted octanol–water partition coefficient (Wildman–Crippen LogP) is 2.27. The summed E-state index contributed by atoms with van der Waals surface area (Å²) in [5.41, 5.74) is 12.3. The molecule has 0 saturated carbocycles. The molecule has 0 aliphatic heterocycles. The molecule has 4 N–H and O–H groups in total. The molecule has 0 aromatic heterocycles. The Hall–Kier alpha value is -2.41. The van der Waals surface area contributed by atoms with E-state index < -0.39 is 20.2 Å². The monoisotopic (exact) mass is 468 g/mol. The third-order valence-corrected chi connectivity index (χ3v) is 6.01. The Morgan fingerprint density at radius 2 is 0.935 bits per heavy atom. The van der Waals surface area contributed by atoms with Gasteiger partial charge in [-0.1, -0.05) is 36.4 Å². The molecule has 8 nitrogen and oxygen atoms in total. The van der Waals surface area contributed by atoms with E-state index in [0.717, 1.165) is 10.8 Å². The first-order chi connectivity index (χ1) is 14.0. The van der Waals surface area contributed by atoms with E-state index in [4.69, 9.17) is 11.5 Å². The van der Waals surface area contributed by atoms with Crippen LogP contribution in [0.5, 0.6) is 0 Å².